The molecule has 0 aliphatic carbocycles. The summed E-state index contributed by atoms with van der Waals surface area (Å²) in [5, 5.41) is 3.95. The highest BCUT2D eigenvalue weighted by molar-refractivity contribution is 5.28. The molecule has 5 nitrogen and oxygen atoms in total. The molecule has 2 rings (SSSR count). The molecule has 0 aliphatic heterocycles. The standard InChI is InChI=1S/C14H19N3O2/c1-4-14(2,15)13-16-12(19-17-13)9-10-5-7-11(18-3)8-6-10/h5-8H,4,9,15H2,1-3H3. The molecule has 1 unspecified atom stereocenters. The van der Waals surface area contributed by atoms with Crippen molar-refractivity contribution in [1.29, 1.82) is 0 Å². The quantitative estimate of drug-likeness (QED) is 0.893. The van der Waals surface area contributed by atoms with Crippen LogP contribution in [0.15, 0.2) is 28.8 Å². The Kier molecular flexibility index (Phi) is 3.85. The van der Waals surface area contributed by atoms with E-state index < -0.39 is 5.54 Å². The second-order valence-electron chi connectivity index (χ2n) is 4.81. The first-order valence-corrected chi connectivity index (χ1v) is 6.30. The summed E-state index contributed by atoms with van der Waals surface area (Å²) in [6, 6.07) is 7.77. The molecular weight excluding hydrogens is 242 g/mol. The normalized spacial score (nSPS) is 14.1. The predicted molar refractivity (Wildman–Crippen MR) is 71.9 cm³/mol. The minimum atomic E-state index is -0.540. The molecule has 1 aromatic carbocycles. The highest BCUT2D eigenvalue weighted by Gasteiger charge is 2.25. The summed E-state index contributed by atoms with van der Waals surface area (Å²) in [7, 11) is 1.64. The first-order chi connectivity index (χ1) is 9.05. The van der Waals surface area contributed by atoms with Crippen molar-refractivity contribution in [1.82, 2.24) is 10.1 Å². The van der Waals surface area contributed by atoms with Gasteiger partial charge in [-0.1, -0.05) is 24.2 Å². The Balaban J connectivity index is 2.11. The molecule has 0 radical (unpaired) electrons. The molecule has 0 spiro atoms. The lowest BCUT2D eigenvalue weighted by atomic mass is 10.00. The zero-order chi connectivity index (χ0) is 13.9. The molecule has 2 aromatic rings. The van der Waals surface area contributed by atoms with Gasteiger partial charge in [0.2, 0.25) is 5.89 Å². The van der Waals surface area contributed by atoms with Crippen LogP contribution in [0.3, 0.4) is 0 Å². The van der Waals surface area contributed by atoms with Crippen LogP contribution in [-0.2, 0) is 12.0 Å². The molecule has 2 N–H and O–H groups in total. The highest BCUT2D eigenvalue weighted by atomic mass is 16.5. The summed E-state index contributed by atoms with van der Waals surface area (Å²) < 4.78 is 10.4. The van der Waals surface area contributed by atoms with Gasteiger partial charge in [-0.2, -0.15) is 4.98 Å². The Morgan fingerprint density at radius 3 is 2.58 bits per heavy atom. The van der Waals surface area contributed by atoms with E-state index in [2.05, 4.69) is 10.1 Å². The van der Waals surface area contributed by atoms with Gasteiger partial charge in [0.15, 0.2) is 5.82 Å². The maximum Gasteiger partial charge on any atom is 0.231 e. The number of hydrogen-bond acceptors (Lipinski definition) is 5. The van der Waals surface area contributed by atoms with E-state index in [9.17, 15) is 0 Å². The lowest BCUT2D eigenvalue weighted by molar-refractivity contribution is 0.355. The number of rotatable bonds is 5. The van der Waals surface area contributed by atoms with Gasteiger partial charge in [-0.3, -0.25) is 0 Å². The second-order valence-corrected chi connectivity index (χ2v) is 4.81. The lowest BCUT2D eigenvalue weighted by Crippen LogP contribution is -2.33. The third kappa shape index (κ3) is 3.12. The molecule has 0 saturated heterocycles. The van der Waals surface area contributed by atoms with Crippen molar-refractivity contribution < 1.29 is 9.26 Å². The van der Waals surface area contributed by atoms with Crippen molar-refractivity contribution in [2.75, 3.05) is 7.11 Å². The number of nitrogens with two attached hydrogens (primary N) is 1. The molecular formula is C14H19N3O2. The summed E-state index contributed by atoms with van der Waals surface area (Å²) >= 11 is 0. The monoisotopic (exact) mass is 261 g/mol. The molecule has 102 valence electrons. The minimum Gasteiger partial charge on any atom is -0.497 e. The Hall–Kier alpha value is -1.88. The van der Waals surface area contributed by atoms with E-state index in [0.717, 1.165) is 17.7 Å². The van der Waals surface area contributed by atoms with E-state index in [1.165, 1.54) is 0 Å². The summed E-state index contributed by atoms with van der Waals surface area (Å²) in [4.78, 5) is 4.36. The van der Waals surface area contributed by atoms with Gasteiger partial charge in [-0.05, 0) is 31.0 Å². The van der Waals surface area contributed by atoms with Crippen molar-refractivity contribution in [3.05, 3.63) is 41.5 Å². The van der Waals surface area contributed by atoms with E-state index in [-0.39, 0.29) is 0 Å². The molecule has 0 saturated carbocycles. The van der Waals surface area contributed by atoms with Gasteiger partial charge in [0.1, 0.15) is 5.75 Å². The van der Waals surface area contributed by atoms with Crippen molar-refractivity contribution in [3.63, 3.8) is 0 Å². The van der Waals surface area contributed by atoms with Gasteiger partial charge >= 0.3 is 0 Å². The smallest absolute Gasteiger partial charge is 0.231 e. The lowest BCUT2D eigenvalue weighted by Gasteiger charge is -2.16. The first kappa shape index (κ1) is 13.5. The highest BCUT2D eigenvalue weighted by Crippen LogP contribution is 2.19. The molecule has 5 heteroatoms. The summed E-state index contributed by atoms with van der Waals surface area (Å²) in [6.45, 7) is 3.90. The minimum absolute atomic E-state index is 0.540. The summed E-state index contributed by atoms with van der Waals surface area (Å²) in [5.41, 5.74) is 6.63. The molecule has 1 atom stereocenters. The van der Waals surface area contributed by atoms with Crippen LogP contribution >= 0.6 is 0 Å². The Bertz CT molecular complexity index is 532. The zero-order valence-corrected chi connectivity index (χ0v) is 11.5. The predicted octanol–water partition coefficient (Wildman–Crippen LogP) is 2.25. The van der Waals surface area contributed by atoms with E-state index in [1.807, 2.05) is 38.1 Å². The van der Waals surface area contributed by atoms with E-state index in [4.69, 9.17) is 15.0 Å². The molecule has 0 fully saturated rings. The third-order valence-electron chi connectivity index (χ3n) is 3.23. The molecule has 0 amide bonds. The van der Waals surface area contributed by atoms with Gasteiger partial charge in [0, 0.05) is 0 Å². The number of aromatic nitrogens is 2. The molecule has 0 aliphatic rings. The van der Waals surface area contributed by atoms with Crippen LogP contribution < -0.4 is 10.5 Å². The van der Waals surface area contributed by atoms with Gasteiger partial charge in [-0.25, -0.2) is 0 Å². The van der Waals surface area contributed by atoms with Crippen molar-refractivity contribution in [3.8, 4) is 5.75 Å². The summed E-state index contributed by atoms with van der Waals surface area (Å²) in [6.07, 6.45) is 1.35. The second kappa shape index (κ2) is 5.40. The van der Waals surface area contributed by atoms with Crippen molar-refractivity contribution in [2.24, 2.45) is 5.73 Å². The van der Waals surface area contributed by atoms with Gasteiger partial charge in [0.25, 0.3) is 0 Å². The van der Waals surface area contributed by atoms with Crippen LogP contribution in [0.25, 0.3) is 0 Å². The van der Waals surface area contributed by atoms with Crippen molar-refractivity contribution >= 4 is 0 Å². The van der Waals surface area contributed by atoms with Crippen LogP contribution in [0, 0.1) is 0 Å². The summed E-state index contributed by atoms with van der Waals surface area (Å²) in [5.74, 6) is 1.96. The molecule has 1 heterocycles. The molecule has 0 bridgehead atoms. The van der Waals surface area contributed by atoms with E-state index in [0.29, 0.717) is 18.1 Å². The van der Waals surface area contributed by atoms with E-state index in [1.54, 1.807) is 7.11 Å². The van der Waals surface area contributed by atoms with Gasteiger partial charge < -0.3 is 15.0 Å². The fourth-order valence-electron chi connectivity index (χ4n) is 1.63. The van der Waals surface area contributed by atoms with Crippen LogP contribution in [-0.4, -0.2) is 17.3 Å². The van der Waals surface area contributed by atoms with Crippen molar-refractivity contribution in [2.45, 2.75) is 32.2 Å². The van der Waals surface area contributed by atoms with Crippen LogP contribution in [0.1, 0.15) is 37.5 Å². The largest absolute Gasteiger partial charge is 0.497 e. The third-order valence-corrected chi connectivity index (χ3v) is 3.23. The van der Waals surface area contributed by atoms with Gasteiger partial charge in [-0.15, -0.1) is 0 Å². The average molecular weight is 261 g/mol. The maximum absolute atomic E-state index is 6.08. The Labute approximate surface area is 112 Å². The Morgan fingerprint density at radius 1 is 1.32 bits per heavy atom. The number of hydrogen-bond donors (Lipinski definition) is 1. The molecule has 1 aromatic heterocycles. The van der Waals surface area contributed by atoms with Crippen LogP contribution in [0.4, 0.5) is 0 Å². The van der Waals surface area contributed by atoms with Crippen LogP contribution in [0.2, 0.25) is 0 Å². The number of nitrogens with zero attached hydrogens (tertiary/aromatic N) is 2. The number of benzene rings is 1. The fourth-order valence-corrected chi connectivity index (χ4v) is 1.63. The van der Waals surface area contributed by atoms with E-state index >= 15 is 0 Å². The average Bonchev–Trinajstić information content (AvgIpc) is 2.89. The fraction of sp³-hybridized carbons (Fsp3) is 0.429. The van der Waals surface area contributed by atoms with Gasteiger partial charge in [0.05, 0.1) is 19.1 Å². The number of methoxy groups -OCH3 is 1. The molecule has 19 heavy (non-hydrogen) atoms. The first-order valence-electron chi connectivity index (χ1n) is 6.30. The maximum atomic E-state index is 6.08. The number of ether oxygens (including phenoxy) is 1. The zero-order valence-electron chi connectivity index (χ0n) is 11.5. The Morgan fingerprint density at radius 2 is 2.00 bits per heavy atom. The van der Waals surface area contributed by atoms with Crippen LogP contribution in [0.5, 0.6) is 5.75 Å². The SMILES string of the molecule is CCC(C)(N)c1noc(Cc2ccc(OC)cc2)n1. The topological polar surface area (TPSA) is 74.2 Å².